The van der Waals surface area contributed by atoms with Crippen molar-refractivity contribution in [3.05, 3.63) is 63.8 Å². The van der Waals surface area contributed by atoms with Crippen molar-refractivity contribution in [1.82, 2.24) is 4.98 Å². The third-order valence-corrected chi connectivity index (χ3v) is 5.55. The number of benzene rings is 1. The Labute approximate surface area is 138 Å². The highest BCUT2D eigenvalue weighted by Crippen LogP contribution is 2.25. The van der Waals surface area contributed by atoms with E-state index in [2.05, 4.69) is 4.98 Å². The lowest BCUT2D eigenvalue weighted by Crippen LogP contribution is -2.15. The van der Waals surface area contributed by atoms with Crippen molar-refractivity contribution in [3.63, 3.8) is 0 Å². The number of fused-ring (bicyclic) bond motifs is 1. The molecule has 1 aromatic carbocycles. The maximum atomic E-state index is 12.8. The third kappa shape index (κ3) is 2.61. The van der Waals surface area contributed by atoms with Crippen LogP contribution in [0.3, 0.4) is 0 Å². The Balaban J connectivity index is 2.32. The Morgan fingerprint density at radius 2 is 1.83 bits per heavy atom. The number of sulfone groups is 1. The van der Waals surface area contributed by atoms with E-state index in [9.17, 15) is 18.3 Å². The second kappa shape index (κ2) is 5.85. The van der Waals surface area contributed by atoms with Crippen LogP contribution in [0, 0.1) is 13.8 Å². The minimum absolute atomic E-state index is 0.0103. The van der Waals surface area contributed by atoms with E-state index in [4.69, 9.17) is 4.42 Å². The van der Waals surface area contributed by atoms with E-state index in [1.165, 1.54) is 24.4 Å². The number of pyridine rings is 1. The molecule has 2 heterocycles. The van der Waals surface area contributed by atoms with Gasteiger partial charge < -0.3 is 9.52 Å². The van der Waals surface area contributed by atoms with Crippen molar-refractivity contribution in [3.8, 4) is 0 Å². The van der Waals surface area contributed by atoms with Gasteiger partial charge in [-0.1, -0.05) is 17.7 Å². The van der Waals surface area contributed by atoms with Crippen LogP contribution in [0.4, 0.5) is 0 Å². The van der Waals surface area contributed by atoms with Crippen LogP contribution < -0.4 is 5.63 Å². The second-order valence-electron chi connectivity index (χ2n) is 5.48. The summed E-state index contributed by atoms with van der Waals surface area (Å²) in [6, 6.07) is 7.44. The molecule has 0 saturated heterocycles. The number of aliphatic hydroxyl groups excluding tert-OH is 1. The molecular weight excluding hydrogens is 330 g/mol. The molecule has 124 valence electrons. The summed E-state index contributed by atoms with van der Waals surface area (Å²) < 4.78 is 30.7. The molecule has 24 heavy (non-hydrogen) atoms. The van der Waals surface area contributed by atoms with Crippen LogP contribution in [0.5, 0.6) is 0 Å². The Morgan fingerprint density at radius 1 is 1.17 bits per heavy atom. The first-order valence-electron chi connectivity index (χ1n) is 7.19. The summed E-state index contributed by atoms with van der Waals surface area (Å²) in [5.74, 6) is 0. The first-order chi connectivity index (χ1) is 11.3. The molecule has 1 N–H and O–H groups in total. The van der Waals surface area contributed by atoms with Gasteiger partial charge in [0.05, 0.1) is 17.2 Å². The lowest BCUT2D eigenvalue weighted by atomic mass is 10.1. The number of aromatic nitrogens is 1. The SMILES string of the molecule is Cc1ccc(S(=O)(=O)c2cc3c(CO)cnc(C)c3oc2=O)cc1. The van der Waals surface area contributed by atoms with Gasteiger partial charge in [-0.3, -0.25) is 4.98 Å². The third-order valence-electron chi connectivity index (χ3n) is 3.80. The molecule has 0 aliphatic heterocycles. The normalized spacial score (nSPS) is 11.8. The molecule has 0 fully saturated rings. The van der Waals surface area contributed by atoms with E-state index in [1.54, 1.807) is 19.1 Å². The predicted octanol–water partition coefficient (Wildman–Crippen LogP) is 2.13. The molecule has 2 aromatic heterocycles. The Kier molecular flexibility index (Phi) is 3.98. The van der Waals surface area contributed by atoms with Crippen molar-refractivity contribution >= 4 is 20.8 Å². The average molecular weight is 345 g/mol. The zero-order valence-electron chi connectivity index (χ0n) is 13.1. The number of nitrogens with zero attached hydrogens (tertiary/aromatic N) is 1. The Morgan fingerprint density at radius 3 is 2.46 bits per heavy atom. The van der Waals surface area contributed by atoms with E-state index >= 15 is 0 Å². The van der Waals surface area contributed by atoms with E-state index < -0.39 is 20.4 Å². The molecule has 0 bridgehead atoms. The quantitative estimate of drug-likeness (QED) is 0.781. The molecule has 7 heteroatoms. The smallest absolute Gasteiger partial charge is 0.355 e. The van der Waals surface area contributed by atoms with Crippen LogP contribution in [-0.2, 0) is 16.4 Å². The minimum Gasteiger partial charge on any atom is -0.420 e. The number of aryl methyl sites for hydroxylation is 2. The van der Waals surface area contributed by atoms with E-state index in [1.807, 2.05) is 6.92 Å². The van der Waals surface area contributed by atoms with Crippen molar-refractivity contribution in [1.29, 1.82) is 0 Å². The van der Waals surface area contributed by atoms with E-state index in [-0.39, 0.29) is 17.1 Å². The molecule has 0 spiro atoms. The van der Waals surface area contributed by atoms with Gasteiger partial charge in [-0.25, -0.2) is 13.2 Å². The highest BCUT2D eigenvalue weighted by atomic mass is 32.2. The molecule has 0 unspecified atom stereocenters. The van der Waals surface area contributed by atoms with Crippen LogP contribution >= 0.6 is 0 Å². The molecular formula is C17H15NO5S. The van der Waals surface area contributed by atoms with Crippen molar-refractivity contribution < 1.29 is 17.9 Å². The van der Waals surface area contributed by atoms with Crippen LogP contribution in [0.25, 0.3) is 11.0 Å². The molecule has 0 atom stereocenters. The predicted molar refractivity (Wildman–Crippen MR) is 87.6 cm³/mol. The fourth-order valence-electron chi connectivity index (χ4n) is 2.42. The van der Waals surface area contributed by atoms with Gasteiger partial charge in [-0.2, -0.15) is 0 Å². The topological polar surface area (TPSA) is 97.5 Å². The maximum absolute atomic E-state index is 12.8. The lowest BCUT2D eigenvalue weighted by Gasteiger charge is -2.08. The van der Waals surface area contributed by atoms with Crippen LogP contribution in [0.2, 0.25) is 0 Å². The highest BCUT2D eigenvalue weighted by molar-refractivity contribution is 7.91. The zero-order chi connectivity index (χ0) is 17.5. The molecule has 0 saturated carbocycles. The molecule has 0 aliphatic rings. The van der Waals surface area contributed by atoms with Crippen molar-refractivity contribution in [2.75, 3.05) is 0 Å². The summed E-state index contributed by atoms with van der Waals surface area (Å²) in [6.45, 7) is 3.13. The summed E-state index contributed by atoms with van der Waals surface area (Å²) in [6.07, 6.45) is 1.43. The Hall–Kier alpha value is -2.51. The number of hydrogen-bond acceptors (Lipinski definition) is 6. The number of hydrogen-bond donors (Lipinski definition) is 1. The fourth-order valence-corrected chi connectivity index (χ4v) is 3.70. The second-order valence-corrected chi connectivity index (χ2v) is 7.40. The Bertz CT molecular complexity index is 1080. The molecule has 3 aromatic rings. The summed E-state index contributed by atoms with van der Waals surface area (Å²) in [4.78, 5) is 15.8. The van der Waals surface area contributed by atoms with Gasteiger partial charge in [0.2, 0.25) is 9.84 Å². The first kappa shape index (κ1) is 16.4. The standard InChI is InChI=1S/C17H15NO5S/c1-10-3-5-13(6-4-10)24(21,22)15-7-14-12(9-19)8-18-11(2)16(14)23-17(15)20/h3-8,19H,9H2,1-2H3. The van der Waals surface area contributed by atoms with Crippen LogP contribution in [-0.4, -0.2) is 18.5 Å². The summed E-state index contributed by atoms with van der Waals surface area (Å²) >= 11 is 0. The fraction of sp³-hybridized carbons (Fsp3) is 0.176. The van der Waals surface area contributed by atoms with Gasteiger partial charge in [-0.15, -0.1) is 0 Å². The molecule has 0 aliphatic carbocycles. The monoisotopic (exact) mass is 345 g/mol. The average Bonchev–Trinajstić information content (AvgIpc) is 2.55. The lowest BCUT2D eigenvalue weighted by molar-refractivity contribution is 0.282. The maximum Gasteiger partial charge on any atom is 0.355 e. The van der Waals surface area contributed by atoms with E-state index in [0.29, 0.717) is 16.6 Å². The molecule has 3 rings (SSSR count). The van der Waals surface area contributed by atoms with Gasteiger partial charge in [0, 0.05) is 17.1 Å². The van der Waals surface area contributed by atoms with Gasteiger partial charge in [0.1, 0.15) is 0 Å². The van der Waals surface area contributed by atoms with Gasteiger partial charge in [0.25, 0.3) is 0 Å². The zero-order valence-corrected chi connectivity index (χ0v) is 13.9. The first-order valence-corrected chi connectivity index (χ1v) is 8.68. The van der Waals surface area contributed by atoms with Crippen molar-refractivity contribution in [2.45, 2.75) is 30.2 Å². The van der Waals surface area contributed by atoms with Crippen LogP contribution in [0.1, 0.15) is 16.8 Å². The largest absolute Gasteiger partial charge is 0.420 e. The summed E-state index contributed by atoms with van der Waals surface area (Å²) in [5, 5.41) is 9.78. The number of aliphatic hydroxyl groups is 1. The van der Waals surface area contributed by atoms with Gasteiger partial charge in [-0.05, 0) is 32.0 Å². The summed E-state index contributed by atoms with van der Waals surface area (Å²) in [5.41, 5.74) is 0.958. The minimum atomic E-state index is -4.02. The van der Waals surface area contributed by atoms with E-state index in [0.717, 1.165) is 5.56 Å². The van der Waals surface area contributed by atoms with Gasteiger partial charge >= 0.3 is 5.63 Å². The molecule has 6 nitrogen and oxygen atoms in total. The van der Waals surface area contributed by atoms with Crippen LogP contribution in [0.15, 0.2) is 55.5 Å². The highest BCUT2D eigenvalue weighted by Gasteiger charge is 2.24. The van der Waals surface area contributed by atoms with Gasteiger partial charge in [0.15, 0.2) is 10.5 Å². The number of rotatable bonds is 3. The molecule has 0 radical (unpaired) electrons. The molecule has 0 amide bonds. The summed E-state index contributed by atoms with van der Waals surface area (Å²) in [7, 11) is -4.02. The van der Waals surface area contributed by atoms with Crippen molar-refractivity contribution in [2.24, 2.45) is 0 Å².